The lowest BCUT2D eigenvalue weighted by Gasteiger charge is -2.35. The highest BCUT2D eigenvalue weighted by Crippen LogP contribution is 2.17. The van der Waals surface area contributed by atoms with Crippen LogP contribution in [0.3, 0.4) is 0 Å². The van der Waals surface area contributed by atoms with Crippen LogP contribution in [-0.4, -0.2) is 83.7 Å². The Morgan fingerprint density at radius 3 is 2.54 bits per heavy atom. The predicted octanol–water partition coefficient (Wildman–Crippen LogP) is 0.640. The van der Waals surface area contributed by atoms with E-state index >= 15 is 0 Å². The van der Waals surface area contributed by atoms with Crippen LogP contribution < -0.4 is 9.80 Å². The number of ether oxygens (including phenoxy) is 1. The van der Waals surface area contributed by atoms with Gasteiger partial charge in [-0.2, -0.15) is 10.1 Å². The van der Waals surface area contributed by atoms with Crippen LogP contribution in [0.1, 0.15) is 5.56 Å². The van der Waals surface area contributed by atoms with Crippen molar-refractivity contribution >= 4 is 11.8 Å². The molecule has 8 heteroatoms. The first kappa shape index (κ1) is 17.2. The maximum Gasteiger partial charge on any atom is 0.227 e. The Bertz CT molecular complexity index is 705. The van der Waals surface area contributed by atoms with E-state index in [0.29, 0.717) is 0 Å². The smallest absolute Gasteiger partial charge is 0.227 e. The Kier molecular flexibility index (Phi) is 5.31. The molecule has 0 bridgehead atoms. The summed E-state index contributed by atoms with van der Waals surface area (Å²) in [5.41, 5.74) is 1.22. The van der Waals surface area contributed by atoms with Crippen LogP contribution in [0.15, 0.2) is 24.7 Å². The van der Waals surface area contributed by atoms with E-state index in [1.54, 1.807) is 0 Å². The van der Waals surface area contributed by atoms with E-state index in [2.05, 4.69) is 37.9 Å². The number of hydrogen-bond donors (Lipinski definition) is 0. The van der Waals surface area contributed by atoms with Gasteiger partial charge in [-0.3, -0.25) is 9.58 Å². The second kappa shape index (κ2) is 8.01. The number of nitrogens with zero attached hydrogens (tertiary/aromatic N) is 7. The zero-order chi connectivity index (χ0) is 17.8. The molecule has 26 heavy (non-hydrogen) atoms. The van der Waals surface area contributed by atoms with E-state index in [-0.39, 0.29) is 0 Å². The van der Waals surface area contributed by atoms with Crippen LogP contribution in [0.5, 0.6) is 0 Å². The maximum atomic E-state index is 5.42. The molecule has 2 aliphatic rings. The molecule has 4 heterocycles. The molecule has 0 amide bonds. The van der Waals surface area contributed by atoms with E-state index in [4.69, 9.17) is 9.72 Å². The van der Waals surface area contributed by atoms with Crippen molar-refractivity contribution in [2.45, 2.75) is 13.5 Å². The summed E-state index contributed by atoms with van der Waals surface area (Å²) in [6.45, 7) is 11.4. The minimum atomic E-state index is 0.752. The molecule has 0 radical (unpaired) electrons. The molecule has 4 rings (SSSR count). The molecule has 2 aliphatic heterocycles. The quantitative estimate of drug-likeness (QED) is 0.778. The van der Waals surface area contributed by atoms with Crippen LogP contribution >= 0.6 is 0 Å². The molecule has 0 saturated carbocycles. The van der Waals surface area contributed by atoms with Gasteiger partial charge in [-0.1, -0.05) is 0 Å². The zero-order valence-electron chi connectivity index (χ0n) is 15.4. The Labute approximate surface area is 154 Å². The molecular formula is C18H27N7O. The largest absolute Gasteiger partial charge is 0.378 e. The number of aromatic nitrogens is 4. The SMILES string of the molecule is Cc1cnn(CCN2CCN(c3ccnc(N4CCOCC4)n3)CC2)c1. The molecule has 0 aliphatic carbocycles. The van der Waals surface area contributed by atoms with Crippen molar-refractivity contribution in [3.63, 3.8) is 0 Å². The number of aryl methyl sites for hydroxylation is 1. The van der Waals surface area contributed by atoms with Gasteiger partial charge < -0.3 is 14.5 Å². The van der Waals surface area contributed by atoms with Crippen molar-refractivity contribution in [2.24, 2.45) is 0 Å². The lowest BCUT2D eigenvalue weighted by Crippen LogP contribution is -2.47. The number of hydrogen-bond acceptors (Lipinski definition) is 7. The summed E-state index contributed by atoms with van der Waals surface area (Å²) in [6.07, 6.45) is 5.89. The lowest BCUT2D eigenvalue weighted by atomic mass is 10.3. The van der Waals surface area contributed by atoms with Gasteiger partial charge in [-0.05, 0) is 18.6 Å². The van der Waals surface area contributed by atoms with E-state index in [0.717, 1.165) is 77.3 Å². The zero-order valence-corrected chi connectivity index (χ0v) is 15.4. The third kappa shape index (κ3) is 4.13. The minimum Gasteiger partial charge on any atom is -0.378 e. The molecular weight excluding hydrogens is 330 g/mol. The molecule has 0 N–H and O–H groups in total. The number of piperazine rings is 1. The van der Waals surface area contributed by atoms with Crippen molar-refractivity contribution in [3.8, 4) is 0 Å². The average Bonchev–Trinajstić information content (AvgIpc) is 3.13. The second-order valence-electron chi connectivity index (χ2n) is 6.92. The predicted molar refractivity (Wildman–Crippen MR) is 101 cm³/mol. The van der Waals surface area contributed by atoms with Gasteiger partial charge in [0.15, 0.2) is 0 Å². The van der Waals surface area contributed by atoms with Gasteiger partial charge in [-0.25, -0.2) is 4.98 Å². The molecule has 0 atom stereocenters. The normalized spacial score (nSPS) is 19.1. The lowest BCUT2D eigenvalue weighted by molar-refractivity contribution is 0.122. The molecule has 8 nitrogen and oxygen atoms in total. The van der Waals surface area contributed by atoms with Crippen molar-refractivity contribution in [1.29, 1.82) is 0 Å². The van der Waals surface area contributed by atoms with Gasteiger partial charge in [0.05, 0.1) is 26.0 Å². The highest BCUT2D eigenvalue weighted by molar-refractivity contribution is 5.44. The average molecular weight is 357 g/mol. The van der Waals surface area contributed by atoms with Crippen LogP contribution in [0.25, 0.3) is 0 Å². The third-order valence-corrected chi connectivity index (χ3v) is 5.03. The monoisotopic (exact) mass is 357 g/mol. The Morgan fingerprint density at radius 2 is 1.81 bits per heavy atom. The third-order valence-electron chi connectivity index (χ3n) is 5.03. The van der Waals surface area contributed by atoms with E-state index < -0.39 is 0 Å². The standard InChI is InChI=1S/C18H27N7O/c1-16-14-20-25(15-16)9-6-22-4-7-23(8-5-22)17-2-3-19-18(21-17)24-10-12-26-13-11-24/h2-3,14-15H,4-13H2,1H3. The van der Waals surface area contributed by atoms with Gasteiger partial charge in [-0.15, -0.1) is 0 Å². The van der Waals surface area contributed by atoms with Crippen LogP contribution in [-0.2, 0) is 11.3 Å². The Hall–Kier alpha value is -2.19. The maximum absolute atomic E-state index is 5.42. The molecule has 2 saturated heterocycles. The van der Waals surface area contributed by atoms with Crippen LogP contribution in [0.4, 0.5) is 11.8 Å². The Balaban J connectivity index is 1.30. The van der Waals surface area contributed by atoms with E-state index in [9.17, 15) is 0 Å². The first-order chi connectivity index (χ1) is 12.8. The van der Waals surface area contributed by atoms with Gasteiger partial charge in [0, 0.05) is 58.2 Å². The van der Waals surface area contributed by atoms with Gasteiger partial charge in [0.1, 0.15) is 5.82 Å². The fourth-order valence-electron chi connectivity index (χ4n) is 3.46. The molecule has 140 valence electrons. The van der Waals surface area contributed by atoms with E-state index in [1.807, 2.05) is 23.1 Å². The summed E-state index contributed by atoms with van der Waals surface area (Å²) in [5, 5.41) is 4.37. The first-order valence-corrected chi connectivity index (χ1v) is 9.40. The number of morpholine rings is 1. The van der Waals surface area contributed by atoms with Crippen LogP contribution in [0, 0.1) is 6.92 Å². The van der Waals surface area contributed by atoms with Crippen molar-refractivity contribution in [2.75, 3.05) is 68.8 Å². The highest BCUT2D eigenvalue weighted by Gasteiger charge is 2.20. The highest BCUT2D eigenvalue weighted by atomic mass is 16.5. The van der Waals surface area contributed by atoms with Crippen molar-refractivity contribution in [3.05, 3.63) is 30.2 Å². The van der Waals surface area contributed by atoms with Crippen molar-refractivity contribution < 1.29 is 4.74 Å². The fourth-order valence-corrected chi connectivity index (χ4v) is 3.46. The van der Waals surface area contributed by atoms with Gasteiger partial charge >= 0.3 is 0 Å². The van der Waals surface area contributed by atoms with Gasteiger partial charge in [0.25, 0.3) is 0 Å². The molecule has 2 aromatic rings. The summed E-state index contributed by atoms with van der Waals surface area (Å²) in [6, 6.07) is 2.02. The summed E-state index contributed by atoms with van der Waals surface area (Å²) >= 11 is 0. The molecule has 0 unspecified atom stereocenters. The summed E-state index contributed by atoms with van der Waals surface area (Å²) in [7, 11) is 0. The summed E-state index contributed by atoms with van der Waals surface area (Å²) in [5.74, 6) is 1.85. The number of rotatable bonds is 5. The van der Waals surface area contributed by atoms with Gasteiger partial charge in [0.2, 0.25) is 5.95 Å². The van der Waals surface area contributed by atoms with Crippen molar-refractivity contribution in [1.82, 2.24) is 24.6 Å². The van der Waals surface area contributed by atoms with E-state index in [1.165, 1.54) is 5.56 Å². The molecule has 0 aromatic carbocycles. The fraction of sp³-hybridized carbons (Fsp3) is 0.611. The number of anilines is 2. The molecule has 2 fully saturated rings. The summed E-state index contributed by atoms with van der Waals surface area (Å²) < 4.78 is 7.44. The molecule has 0 spiro atoms. The Morgan fingerprint density at radius 1 is 1.00 bits per heavy atom. The van der Waals surface area contributed by atoms with Crippen LogP contribution in [0.2, 0.25) is 0 Å². The summed E-state index contributed by atoms with van der Waals surface area (Å²) in [4.78, 5) is 16.3. The molecule has 2 aromatic heterocycles. The minimum absolute atomic E-state index is 0.752. The second-order valence-corrected chi connectivity index (χ2v) is 6.92. The topological polar surface area (TPSA) is 62.6 Å². The first-order valence-electron chi connectivity index (χ1n) is 9.40.